The van der Waals surface area contributed by atoms with Crippen LogP contribution < -0.4 is 0 Å². The Balaban J connectivity index is 2.01. The Hall–Kier alpha value is -2.29. The third-order valence-corrected chi connectivity index (χ3v) is 3.36. The lowest BCUT2D eigenvalue weighted by Crippen LogP contribution is -2.28. The van der Waals surface area contributed by atoms with Gasteiger partial charge in [0.05, 0.1) is 6.42 Å². The zero-order valence-corrected chi connectivity index (χ0v) is 11.8. The zero-order chi connectivity index (χ0) is 14.5. The van der Waals surface area contributed by atoms with Crippen LogP contribution in [-0.2, 0) is 17.8 Å². The molecule has 2 aromatic carbocycles. The minimum Gasteiger partial charge on any atom is -0.508 e. The molecule has 0 aromatic heterocycles. The van der Waals surface area contributed by atoms with Gasteiger partial charge >= 0.3 is 0 Å². The van der Waals surface area contributed by atoms with E-state index < -0.39 is 0 Å². The highest BCUT2D eigenvalue weighted by molar-refractivity contribution is 5.78. The van der Waals surface area contributed by atoms with E-state index in [2.05, 4.69) is 0 Å². The summed E-state index contributed by atoms with van der Waals surface area (Å²) in [5.74, 6) is 0.232. The van der Waals surface area contributed by atoms with Crippen LogP contribution in [0.2, 0.25) is 0 Å². The number of rotatable bonds is 4. The molecule has 20 heavy (non-hydrogen) atoms. The van der Waals surface area contributed by atoms with Gasteiger partial charge in [-0.1, -0.05) is 36.4 Å². The molecule has 3 nitrogen and oxygen atoms in total. The van der Waals surface area contributed by atoms with E-state index in [1.165, 1.54) is 5.56 Å². The molecule has 0 aliphatic rings. The standard InChI is InChI=1S/C17H19NO2/c1-13-6-3-4-8-15(13)12-18(2)17(20)11-14-7-5-9-16(19)10-14/h3-10,19H,11-12H2,1-2H3. The van der Waals surface area contributed by atoms with Crippen molar-refractivity contribution < 1.29 is 9.90 Å². The second-order valence-electron chi connectivity index (χ2n) is 5.02. The van der Waals surface area contributed by atoms with Gasteiger partial charge in [0.2, 0.25) is 5.91 Å². The first kappa shape index (κ1) is 14.1. The molecule has 0 atom stereocenters. The summed E-state index contributed by atoms with van der Waals surface area (Å²) in [5.41, 5.74) is 3.16. The summed E-state index contributed by atoms with van der Waals surface area (Å²) in [4.78, 5) is 13.9. The largest absolute Gasteiger partial charge is 0.508 e. The van der Waals surface area contributed by atoms with Crippen LogP contribution in [0.25, 0.3) is 0 Å². The summed E-state index contributed by atoms with van der Waals surface area (Å²) < 4.78 is 0. The fourth-order valence-electron chi connectivity index (χ4n) is 2.11. The van der Waals surface area contributed by atoms with Crippen LogP contribution in [0, 0.1) is 6.92 Å². The number of hydrogen-bond acceptors (Lipinski definition) is 2. The van der Waals surface area contributed by atoms with Gasteiger partial charge in [0.1, 0.15) is 5.75 Å². The molecule has 2 rings (SSSR count). The summed E-state index contributed by atoms with van der Waals surface area (Å²) >= 11 is 0. The molecule has 1 amide bonds. The SMILES string of the molecule is Cc1ccccc1CN(C)C(=O)Cc1cccc(O)c1. The van der Waals surface area contributed by atoms with E-state index in [1.807, 2.05) is 37.3 Å². The van der Waals surface area contributed by atoms with Gasteiger partial charge in [-0.2, -0.15) is 0 Å². The molecule has 0 unspecified atom stereocenters. The smallest absolute Gasteiger partial charge is 0.227 e. The highest BCUT2D eigenvalue weighted by atomic mass is 16.3. The topological polar surface area (TPSA) is 40.5 Å². The Kier molecular flexibility index (Phi) is 4.41. The molecule has 0 fully saturated rings. The third-order valence-electron chi connectivity index (χ3n) is 3.36. The number of aryl methyl sites for hydroxylation is 1. The molecule has 0 aliphatic carbocycles. The van der Waals surface area contributed by atoms with Crippen LogP contribution in [0.1, 0.15) is 16.7 Å². The monoisotopic (exact) mass is 269 g/mol. The molecule has 1 N–H and O–H groups in total. The Morgan fingerprint density at radius 3 is 2.60 bits per heavy atom. The van der Waals surface area contributed by atoms with E-state index in [-0.39, 0.29) is 11.7 Å². The van der Waals surface area contributed by atoms with Crippen LogP contribution in [-0.4, -0.2) is 23.0 Å². The molecule has 0 saturated heterocycles. The number of aromatic hydroxyl groups is 1. The van der Waals surface area contributed by atoms with Crippen molar-refractivity contribution >= 4 is 5.91 Å². The molecule has 0 spiro atoms. The maximum Gasteiger partial charge on any atom is 0.227 e. The lowest BCUT2D eigenvalue weighted by molar-refractivity contribution is -0.129. The van der Waals surface area contributed by atoms with Crippen LogP contribution in [0.15, 0.2) is 48.5 Å². The number of amides is 1. The van der Waals surface area contributed by atoms with Gasteiger partial charge in [-0.25, -0.2) is 0 Å². The van der Waals surface area contributed by atoms with Crippen molar-refractivity contribution in [2.75, 3.05) is 7.05 Å². The van der Waals surface area contributed by atoms with E-state index in [4.69, 9.17) is 0 Å². The van der Waals surface area contributed by atoms with Crippen molar-refractivity contribution in [3.05, 3.63) is 65.2 Å². The molecular formula is C17H19NO2. The number of phenolic OH excluding ortho intramolecular Hbond substituents is 1. The van der Waals surface area contributed by atoms with Gasteiger partial charge in [0.25, 0.3) is 0 Å². The molecule has 104 valence electrons. The molecular weight excluding hydrogens is 250 g/mol. The molecule has 0 bridgehead atoms. The van der Waals surface area contributed by atoms with E-state index in [0.717, 1.165) is 11.1 Å². The van der Waals surface area contributed by atoms with Gasteiger partial charge < -0.3 is 10.0 Å². The molecule has 0 heterocycles. The highest BCUT2D eigenvalue weighted by Crippen LogP contribution is 2.14. The quantitative estimate of drug-likeness (QED) is 0.927. The predicted octanol–water partition coefficient (Wildman–Crippen LogP) is 2.90. The summed E-state index contributed by atoms with van der Waals surface area (Å²) in [6, 6.07) is 14.9. The first-order valence-electron chi connectivity index (χ1n) is 6.62. The van der Waals surface area contributed by atoms with Crippen molar-refractivity contribution in [2.24, 2.45) is 0 Å². The number of nitrogens with zero attached hydrogens (tertiary/aromatic N) is 1. The van der Waals surface area contributed by atoms with Crippen molar-refractivity contribution in [3.8, 4) is 5.75 Å². The van der Waals surface area contributed by atoms with Crippen molar-refractivity contribution in [1.29, 1.82) is 0 Å². The maximum absolute atomic E-state index is 12.2. The number of benzene rings is 2. The number of carbonyl (C=O) groups excluding carboxylic acids is 1. The highest BCUT2D eigenvalue weighted by Gasteiger charge is 2.11. The Labute approximate surface area is 119 Å². The lowest BCUT2D eigenvalue weighted by Gasteiger charge is -2.18. The first-order chi connectivity index (χ1) is 9.56. The van der Waals surface area contributed by atoms with E-state index in [1.54, 1.807) is 30.1 Å². The van der Waals surface area contributed by atoms with Crippen LogP contribution >= 0.6 is 0 Å². The molecule has 2 aromatic rings. The zero-order valence-electron chi connectivity index (χ0n) is 11.8. The summed E-state index contributed by atoms with van der Waals surface area (Å²) in [6.07, 6.45) is 0.302. The molecule has 0 radical (unpaired) electrons. The lowest BCUT2D eigenvalue weighted by atomic mass is 10.1. The molecule has 0 saturated carbocycles. The predicted molar refractivity (Wildman–Crippen MR) is 79.5 cm³/mol. The second kappa shape index (κ2) is 6.24. The average Bonchev–Trinajstić information content (AvgIpc) is 2.41. The summed E-state index contributed by atoms with van der Waals surface area (Å²) in [6.45, 7) is 2.65. The van der Waals surface area contributed by atoms with Crippen molar-refractivity contribution in [3.63, 3.8) is 0 Å². The first-order valence-corrected chi connectivity index (χ1v) is 6.62. The fraction of sp³-hybridized carbons (Fsp3) is 0.235. The minimum atomic E-state index is 0.0406. The van der Waals surface area contributed by atoms with Crippen molar-refractivity contribution in [1.82, 2.24) is 4.90 Å². The Morgan fingerprint density at radius 2 is 1.90 bits per heavy atom. The van der Waals surface area contributed by atoms with Gasteiger partial charge in [-0.05, 0) is 35.7 Å². The van der Waals surface area contributed by atoms with Gasteiger partial charge in [0.15, 0.2) is 0 Å². The minimum absolute atomic E-state index is 0.0406. The summed E-state index contributed by atoms with van der Waals surface area (Å²) in [5, 5.41) is 9.41. The second-order valence-corrected chi connectivity index (χ2v) is 5.02. The fourth-order valence-corrected chi connectivity index (χ4v) is 2.11. The number of phenols is 1. The Morgan fingerprint density at radius 1 is 1.15 bits per heavy atom. The van der Waals surface area contributed by atoms with Gasteiger partial charge in [-0.15, -0.1) is 0 Å². The number of carbonyl (C=O) groups is 1. The maximum atomic E-state index is 12.2. The molecule has 3 heteroatoms. The van der Waals surface area contributed by atoms with Crippen LogP contribution in [0.3, 0.4) is 0 Å². The Bertz CT molecular complexity index is 607. The normalized spacial score (nSPS) is 10.3. The van der Waals surface area contributed by atoms with E-state index >= 15 is 0 Å². The van der Waals surface area contributed by atoms with Crippen LogP contribution in [0.5, 0.6) is 5.75 Å². The van der Waals surface area contributed by atoms with E-state index in [9.17, 15) is 9.90 Å². The van der Waals surface area contributed by atoms with Gasteiger partial charge in [0, 0.05) is 13.6 Å². The molecule has 0 aliphatic heterocycles. The number of likely N-dealkylation sites (N-methyl/N-ethyl adjacent to an activating group) is 1. The van der Waals surface area contributed by atoms with Crippen molar-refractivity contribution in [2.45, 2.75) is 19.9 Å². The number of hydrogen-bond donors (Lipinski definition) is 1. The summed E-state index contributed by atoms with van der Waals surface area (Å²) in [7, 11) is 1.80. The van der Waals surface area contributed by atoms with Crippen LogP contribution in [0.4, 0.5) is 0 Å². The third kappa shape index (κ3) is 3.60. The average molecular weight is 269 g/mol. The van der Waals surface area contributed by atoms with Gasteiger partial charge in [-0.3, -0.25) is 4.79 Å². The van der Waals surface area contributed by atoms with E-state index in [0.29, 0.717) is 13.0 Å².